The first-order chi connectivity index (χ1) is 20.3. The third-order valence-electron chi connectivity index (χ3n) is 7.63. The number of nitrogens with zero attached hydrogens (tertiary/aromatic N) is 3. The molecule has 1 aromatic heterocycles. The Kier molecular flexibility index (Phi) is 8.84. The van der Waals surface area contributed by atoms with Crippen LogP contribution in [0.3, 0.4) is 0 Å². The van der Waals surface area contributed by atoms with E-state index in [4.69, 9.17) is 4.74 Å². The lowest BCUT2D eigenvalue weighted by molar-refractivity contribution is -0.135. The zero-order chi connectivity index (χ0) is 29.7. The fourth-order valence-electron chi connectivity index (χ4n) is 5.14. The van der Waals surface area contributed by atoms with Crippen LogP contribution in [0.2, 0.25) is 0 Å². The van der Waals surface area contributed by atoms with Crippen molar-refractivity contribution in [1.82, 2.24) is 19.5 Å². The predicted octanol–water partition coefficient (Wildman–Crippen LogP) is 3.61. The fraction of sp³-hybridized carbons (Fsp3) is 0.281. The molecule has 3 aromatic carbocycles. The Bertz CT molecular complexity index is 1660. The number of hydrogen-bond donors (Lipinski definition) is 1. The minimum atomic E-state index is -4.06. The third kappa shape index (κ3) is 6.45. The second-order valence-corrected chi connectivity index (χ2v) is 12.3. The van der Waals surface area contributed by atoms with Crippen LogP contribution in [0.5, 0.6) is 5.75 Å². The number of amides is 2. The van der Waals surface area contributed by atoms with E-state index in [1.54, 1.807) is 54.6 Å². The molecule has 0 spiro atoms. The van der Waals surface area contributed by atoms with Crippen LogP contribution in [0.1, 0.15) is 24.0 Å². The summed E-state index contributed by atoms with van der Waals surface area (Å²) >= 11 is 0. The summed E-state index contributed by atoms with van der Waals surface area (Å²) in [7, 11) is -2.48. The normalized spacial score (nSPS) is 16.6. The molecule has 4 aromatic rings. The second kappa shape index (κ2) is 12.7. The van der Waals surface area contributed by atoms with Gasteiger partial charge in [-0.05, 0) is 53.4 Å². The smallest absolute Gasteiger partial charge is 0.243 e. The Balaban J connectivity index is 1.38. The van der Waals surface area contributed by atoms with Gasteiger partial charge < -0.3 is 15.0 Å². The number of benzene rings is 3. The lowest BCUT2D eigenvalue weighted by atomic mass is 10.0. The number of sulfonamides is 1. The van der Waals surface area contributed by atoms with Crippen molar-refractivity contribution >= 4 is 32.7 Å². The Hall–Kier alpha value is -4.28. The predicted molar refractivity (Wildman–Crippen MR) is 161 cm³/mol. The molecular weight excluding hydrogens is 552 g/mol. The number of methoxy groups -OCH3 is 1. The Morgan fingerprint density at radius 2 is 1.76 bits per heavy atom. The number of aromatic nitrogens is 1. The van der Waals surface area contributed by atoms with Gasteiger partial charge in [-0.15, -0.1) is 0 Å². The molecule has 9 nitrogen and oxygen atoms in total. The van der Waals surface area contributed by atoms with E-state index in [1.807, 2.05) is 49.4 Å². The average Bonchev–Trinajstić information content (AvgIpc) is 3.03. The van der Waals surface area contributed by atoms with Crippen molar-refractivity contribution in [3.8, 4) is 5.75 Å². The Morgan fingerprint density at radius 1 is 1.00 bits per heavy atom. The summed E-state index contributed by atoms with van der Waals surface area (Å²) in [6, 6.07) is 24.2. The van der Waals surface area contributed by atoms with Crippen LogP contribution in [-0.4, -0.2) is 73.8 Å². The summed E-state index contributed by atoms with van der Waals surface area (Å²) in [6.45, 7) is 2.45. The van der Waals surface area contributed by atoms with E-state index in [9.17, 15) is 18.0 Å². The topological polar surface area (TPSA) is 109 Å². The lowest BCUT2D eigenvalue weighted by Gasteiger charge is -2.39. The number of pyridine rings is 1. The van der Waals surface area contributed by atoms with E-state index in [0.29, 0.717) is 23.2 Å². The van der Waals surface area contributed by atoms with Crippen molar-refractivity contribution in [1.29, 1.82) is 0 Å². The first kappa shape index (κ1) is 29.2. The SMILES string of the molecule is COc1ccc(CC(=O)N2CCN(S(=O)(=O)c3ccc4ncccc4c3)C(C(=O)NCC(C)c3ccccc3)C2)cc1. The fourth-order valence-corrected chi connectivity index (χ4v) is 6.75. The zero-order valence-corrected chi connectivity index (χ0v) is 24.5. The second-order valence-electron chi connectivity index (χ2n) is 10.4. The van der Waals surface area contributed by atoms with Gasteiger partial charge >= 0.3 is 0 Å². The van der Waals surface area contributed by atoms with Crippen LogP contribution in [0.25, 0.3) is 10.9 Å². The van der Waals surface area contributed by atoms with E-state index >= 15 is 0 Å². The van der Waals surface area contributed by atoms with Crippen LogP contribution < -0.4 is 10.1 Å². The number of rotatable bonds is 9. The molecule has 5 rings (SSSR count). The van der Waals surface area contributed by atoms with Crippen LogP contribution in [0.4, 0.5) is 0 Å². The maximum Gasteiger partial charge on any atom is 0.243 e. The molecule has 42 heavy (non-hydrogen) atoms. The highest BCUT2D eigenvalue weighted by molar-refractivity contribution is 7.89. The molecule has 0 aliphatic carbocycles. The zero-order valence-electron chi connectivity index (χ0n) is 23.6. The van der Waals surface area contributed by atoms with Gasteiger partial charge in [0.2, 0.25) is 21.8 Å². The summed E-state index contributed by atoms with van der Waals surface area (Å²) in [5.74, 6) is 0.0933. The van der Waals surface area contributed by atoms with Gasteiger partial charge in [-0.3, -0.25) is 14.6 Å². The first-order valence-corrected chi connectivity index (χ1v) is 15.3. The Morgan fingerprint density at radius 3 is 2.50 bits per heavy atom. The van der Waals surface area contributed by atoms with Crippen molar-refractivity contribution in [2.24, 2.45) is 0 Å². The van der Waals surface area contributed by atoms with E-state index in [-0.39, 0.29) is 42.8 Å². The molecule has 2 amide bonds. The first-order valence-electron chi connectivity index (χ1n) is 13.9. The molecule has 0 radical (unpaired) electrons. The van der Waals surface area contributed by atoms with Gasteiger partial charge in [-0.2, -0.15) is 4.31 Å². The molecule has 1 aliphatic rings. The molecule has 10 heteroatoms. The molecular formula is C32H34N4O5S. The molecule has 218 valence electrons. The standard InChI is InChI=1S/C32H34N4O5S/c1-23(25-7-4-3-5-8-25)21-34-32(38)30-22-35(31(37)19-24-10-12-27(41-2)13-11-24)17-18-36(30)42(39,40)28-14-15-29-26(20-28)9-6-16-33-29/h3-16,20,23,30H,17-19,21-22H2,1-2H3,(H,34,38). The number of hydrogen-bond acceptors (Lipinski definition) is 6. The van der Waals surface area contributed by atoms with Gasteiger partial charge in [0.05, 0.1) is 23.9 Å². The Labute approximate surface area is 246 Å². The van der Waals surface area contributed by atoms with E-state index in [2.05, 4.69) is 10.3 Å². The molecule has 0 bridgehead atoms. The number of fused-ring (bicyclic) bond motifs is 1. The molecule has 2 unspecified atom stereocenters. The molecule has 2 atom stereocenters. The summed E-state index contributed by atoms with van der Waals surface area (Å²) < 4.78 is 34.3. The van der Waals surface area contributed by atoms with Crippen LogP contribution in [0, 0.1) is 0 Å². The van der Waals surface area contributed by atoms with Gasteiger partial charge in [0.15, 0.2) is 0 Å². The lowest BCUT2D eigenvalue weighted by Crippen LogP contribution is -2.61. The molecule has 1 saturated heterocycles. The highest BCUT2D eigenvalue weighted by atomic mass is 32.2. The number of carbonyl (C=O) groups excluding carboxylic acids is 2. The molecule has 2 heterocycles. The molecule has 1 N–H and O–H groups in total. The van der Waals surface area contributed by atoms with E-state index in [0.717, 1.165) is 11.1 Å². The average molecular weight is 587 g/mol. The maximum absolute atomic E-state index is 13.9. The van der Waals surface area contributed by atoms with Crippen molar-refractivity contribution < 1.29 is 22.7 Å². The summed E-state index contributed by atoms with van der Waals surface area (Å²) in [5.41, 5.74) is 2.54. The van der Waals surface area contributed by atoms with Crippen LogP contribution in [0.15, 0.2) is 96.0 Å². The molecule has 1 fully saturated rings. The van der Waals surface area contributed by atoms with Gasteiger partial charge in [0.25, 0.3) is 0 Å². The third-order valence-corrected chi connectivity index (χ3v) is 9.54. The van der Waals surface area contributed by atoms with Crippen molar-refractivity contribution in [3.05, 3.63) is 102 Å². The van der Waals surface area contributed by atoms with Gasteiger partial charge in [-0.1, -0.05) is 55.5 Å². The quantitative estimate of drug-likeness (QED) is 0.321. The largest absolute Gasteiger partial charge is 0.497 e. The minimum absolute atomic E-state index is 0.00586. The summed E-state index contributed by atoms with van der Waals surface area (Å²) in [4.78, 5) is 32.9. The maximum atomic E-state index is 13.9. The van der Waals surface area contributed by atoms with E-state index < -0.39 is 22.0 Å². The van der Waals surface area contributed by atoms with E-state index in [1.165, 1.54) is 10.4 Å². The minimum Gasteiger partial charge on any atom is -0.497 e. The van der Waals surface area contributed by atoms with Crippen molar-refractivity contribution in [2.45, 2.75) is 30.2 Å². The monoisotopic (exact) mass is 586 g/mol. The number of nitrogens with one attached hydrogen (secondary N) is 1. The van der Waals surface area contributed by atoms with Crippen molar-refractivity contribution in [3.63, 3.8) is 0 Å². The highest BCUT2D eigenvalue weighted by Gasteiger charge is 2.41. The van der Waals surface area contributed by atoms with Gasteiger partial charge in [0, 0.05) is 37.8 Å². The van der Waals surface area contributed by atoms with Gasteiger partial charge in [0.1, 0.15) is 11.8 Å². The highest BCUT2D eigenvalue weighted by Crippen LogP contribution is 2.25. The number of piperazine rings is 1. The molecule has 1 aliphatic heterocycles. The summed E-state index contributed by atoms with van der Waals surface area (Å²) in [6.07, 6.45) is 1.78. The number of carbonyl (C=O) groups is 2. The van der Waals surface area contributed by atoms with Gasteiger partial charge in [-0.25, -0.2) is 8.42 Å². The summed E-state index contributed by atoms with van der Waals surface area (Å²) in [5, 5.41) is 3.63. The van der Waals surface area contributed by atoms with Crippen LogP contribution >= 0.6 is 0 Å². The molecule has 0 saturated carbocycles. The number of ether oxygens (including phenoxy) is 1. The van der Waals surface area contributed by atoms with Crippen LogP contribution in [-0.2, 0) is 26.0 Å². The van der Waals surface area contributed by atoms with Crippen molar-refractivity contribution in [2.75, 3.05) is 33.3 Å².